The molecule has 15 aromatic rings. The molecule has 0 saturated heterocycles. The van der Waals surface area contributed by atoms with Crippen molar-refractivity contribution in [2.45, 2.75) is 102 Å². The zero-order valence-corrected chi connectivity index (χ0v) is 79.7. The maximum atomic E-state index is 13.0. The van der Waals surface area contributed by atoms with E-state index < -0.39 is 74.4 Å². The molecule has 5 aliphatic heterocycles. The van der Waals surface area contributed by atoms with Crippen LogP contribution in [0.1, 0.15) is 101 Å². The monoisotopic (exact) mass is 2090 g/mol. The predicted octanol–water partition coefficient (Wildman–Crippen LogP) is 18.7. The Morgan fingerprint density at radius 1 is 0.365 bits per heavy atom. The summed E-state index contributed by atoms with van der Waals surface area (Å²) in [7, 11) is -1.74. The molecule has 15 heterocycles. The first kappa shape index (κ1) is 104. The molecule has 50 heteroatoms. The van der Waals surface area contributed by atoms with Crippen molar-refractivity contribution >= 4 is 114 Å². The Balaban J connectivity index is 0.000000133. The number of anilines is 15. The Morgan fingerprint density at radius 2 is 0.723 bits per heavy atom. The topological polar surface area (TPSA) is 381 Å². The van der Waals surface area contributed by atoms with Crippen LogP contribution >= 0.6 is 11.6 Å². The van der Waals surface area contributed by atoms with E-state index in [9.17, 15) is 79.1 Å². The van der Waals surface area contributed by atoms with Crippen LogP contribution in [0.2, 0.25) is 5.02 Å². The third kappa shape index (κ3) is 27.4. The van der Waals surface area contributed by atoms with E-state index in [1.54, 1.807) is 87.1 Å². The highest BCUT2D eigenvalue weighted by molar-refractivity contribution is 7.90. The van der Waals surface area contributed by atoms with Gasteiger partial charge in [0, 0.05) is 158 Å². The normalized spacial score (nSPS) is 13.9. The number of ether oxygens (including phenoxy) is 1. The third-order valence-electron chi connectivity index (χ3n) is 23.4. The highest BCUT2D eigenvalue weighted by Gasteiger charge is 2.37. The summed E-state index contributed by atoms with van der Waals surface area (Å²) in [6.07, 6.45) is 3.58. The third-order valence-corrected chi connectivity index (χ3v) is 24.6. The van der Waals surface area contributed by atoms with E-state index in [0.717, 1.165) is 143 Å². The highest BCUT2D eigenvalue weighted by Crippen LogP contribution is 2.41. The molecule has 0 spiro atoms. The molecule has 5 aromatic carbocycles. The van der Waals surface area contributed by atoms with E-state index >= 15 is 0 Å². The first-order valence-corrected chi connectivity index (χ1v) is 47.8. The number of hydrogen-bond donors (Lipinski definition) is 6. The number of carbonyl (C=O) groups is 1. The van der Waals surface area contributed by atoms with Gasteiger partial charge in [0.1, 0.15) is 76.2 Å². The number of hydrogen-bond acceptors (Lipinski definition) is 32. The molecule has 0 atom stereocenters. The zero-order valence-electron chi connectivity index (χ0n) is 78.1. The standard InChI is InChI=1S/C23H22ClF3N6O3S.C20H19F3N6O.C19H16F3N5.2C18H15F3N6/c1-37(35,36)12-10-29-22(34)20-31-18-13-33(21-17(24)3-2-9-28-21)11-8-16(18)19(32-20)30-15-6-4-14(5-7-15)23(25,26)27;1-30-12-17-27-16-11-29(19-24-8-2-9-25-19)10-7-15(16)18(28-17)26-14-5-3-13(4-6-14)20(21,22)23;20-19(21,22)13-3-5-14(6-4-13)26-18-16-7-9-27(11-17(16)24-12-25-18)15-2-1-8-23-10-15;19-18(20,21)12-2-4-13(5-3-12)26-16-14-6-9-27(10-15(14)24-11-25-16)17-22-7-1-8-23-17;19-18(20,21)12-1-3-13(4-2-12)26-17-14-5-8-27(10-15(14)24-11-25-17)16-9-22-6-7-23-16/h2-7,9H,8,10-13H2,1H3,(H,29,34)(H,30,31,32);2-6,8-9H,7,10-12H2,1H3,(H,26,27,28);1-6,8,10,12H,7,9,11H2,(H,24,25,26);1-5,7-8,11H,6,9-10H2,(H,24,25,26);1-4,6-7,9,11H,5,8,10H2,(H,24,25,26). The summed E-state index contributed by atoms with van der Waals surface area (Å²) in [5, 5.41) is 18.4. The Kier molecular flexibility index (Phi) is 32.4. The van der Waals surface area contributed by atoms with Gasteiger partial charge in [0.15, 0.2) is 5.82 Å². The summed E-state index contributed by atoms with van der Waals surface area (Å²) < 4.78 is 220. The molecule has 33 nitrogen and oxygen atoms in total. The number of benzene rings is 5. The van der Waals surface area contributed by atoms with E-state index in [-0.39, 0.29) is 37.1 Å². The number of sulfone groups is 1. The largest absolute Gasteiger partial charge is 0.416 e. The van der Waals surface area contributed by atoms with Crippen LogP contribution in [0.3, 0.4) is 0 Å². The lowest BCUT2D eigenvalue weighted by Gasteiger charge is -2.30. The molecule has 5 aliphatic rings. The highest BCUT2D eigenvalue weighted by atomic mass is 35.5. The molecule has 10 aromatic heterocycles. The SMILES string of the molecule is COCc1nc2c(c(Nc3ccc(C(F)(F)F)cc3)n1)CCN(c1ncccn1)C2.CS(=O)(=O)CCNC(=O)c1nc2c(c(Nc3ccc(C(F)(F)F)cc3)n1)CCN(c1ncccc1Cl)C2.FC(F)(F)c1ccc(Nc2ncnc3c2CCN(c2cccnc2)C3)cc1.FC(F)(F)c1ccc(Nc2ncnc3c2CCN(c2cnccn2)C3)cc1.FC(F)(F)c1ccc(Nc2ncnc3c2CCN(c2ncccn2)C3)cc1. The number of methoxy groups -OCH3 is 1. The Hall–Kier alpha value is -16.3. The van der Waals surface area contributed by atoms with Crippen LogP contribution in [0.5, 0.6) is 0 Å². The van der Waals surface area contributed by atoms with E-state index in [1.807, 2.05) is 33.0 Å². The fraction of sp³-hybridized carbons (Fsp3) is 0.255. The first-order chi connectivity index (χ1) is 70.9. The summed E-state index contributed by atoms with van der Waals surface area (Å²) >= 11 is 6.30. The molecule has 0 unspecified atom stereocenters. The van der Waals surface area contributed by atoms with Crippen LogP contribution < -0.4 is 56.4 Å². The number of nitrogens with zero attached hydrogens (tertiary/aromatic N) is 23. The lowest BCUT2D eigenvalue weighted by atomic mass is 10.0. The van der Waals surface area contributed by atoms with Crippen molar-refractivity contribution in [3.63, 3.8) is 0 Å². The number of amides is 1. The molecular formula is C98H87ClF15N29O4S. The van der Waals surface area contributed by atoms with Crippen LogP contribution in [0.15, 0.2) is 239 Å². The second kappa shape index (κ2) is 45.9. The van der Waals surface area contributed by atoms with Crippen molar-refractivity contribution in [2.75, 3.05) is 109 Å². The molecule has 148 heavy (non-hydrogen) atoms. The second-order valence-electron chi connectivity index (χ2n) is 33.5. The van der Waals surface area contributed by atoms with Gasteiger partial charge in [0.2, 0.25) is 17.7 Å². The molecule has 0 fully saturated rings. The Bertz CT molecular complexity index is 6820. The van der Waals surface area contributed by atoms with Gasteiger partial charge in [-0.05, 0) is 190 Å². The number of rotatable bonds is 21. The number of aromatic nitrogens is 18. The molecule has 0 bridgehead atoms. The van der Waals surface area contributed by atoms with Crippen LogP contribution in [0, 0.1) is 0 Å². The second-order valence-corrected chi connectivity index (χ2v) is 36.2. The van der Waals surface area contributed by atoms with Crippen LogP contribution in [-0.2, 0) is 117 Å². The Labute approximate surface area is 839 Å². The van der Waals surface area contributed by atoms with Gasteiger partial charge in [-0.2, -0.15) is 65.9 Å². The number of halogens is 16. The quantitative estimate of drug-likeness (QED) is 0.0364. The minimum absolute atomic E-state index is 0.130. The summed E-state index contributed by atoms with van der Waals surface area (Å²) in [6, 6.07) is 34.8. The summed E-state index contributed by atoms with van der Waals surface area (Å²) in [4.78, 5) is 101. The van der Waals surface area contributed by atoms with Gasteiger partial charge in [-0.1, -0.05) is 11.6 Å². The van der Waals surface area contributed by atoms with Gasteiger partial charge in [-0.25, -0.2) is 88.2 Å². The molecule has 0 radical (unpaired) electrons. The van der Waals surface area contributed by atoms with Crippen molar-refractivity contribution < 1.29 is 83.8 Å². The first-order valence-electron chi connectivity index (χ1n) is 45.3. The number of nitrogens with one attached hydrogen (secondary N) is 6. The van der Waals surface area contributed by atoms with Gasteiger partial charge in [-0.3, -0.25) is 14.8 Å². The fourth-order valence-corrected chi connectivity index (χ4v) is 16.8. The van der Waals surface area contributed by atoms with Crippen molar-refractivity contribution in [2.24, 2.45) is 0 Å². The molecule has 1 amide bonds. The van der Waals surface area contributed by atoms with Crippen molar-refractivity contribution in [1.29, 1.82) is 0 Å². The lowest BCUT2D eigenvalue weighted by Crippen LogP contribution is -2.35. The van der Waals surface area contributed by atoms with Crippen LogP contribution in [0.25, 0.3) is 0 Å². The minimum atomic E-state index is -4.47. The molecule has 20 rings (SSSR count). The van der Waals surface area contributed by atoms with Gasteiger partial charge < -0.3 is 61.1 Å². The fourth-order valence-electron chi connectivity index (χ4n) is 16.1. The zero-order chi connectivity index (χ0) is 104. The summed E-state index contributed by atoms with van der Waals surface area (Å²) in [6.45, 7) is 5.97. The van der Waals surface area contributed by atoms with Crippen molar-refractivity contribution in [1.82, 2.24) is 95.0 Å². The van der Waals surface area contributed by atoms with Crippen molar-refractivity contribution in [3.8, 4) is 0 Å². The van der Waals surface area contributed by atoms with E-state index in [4.69, 9.17) is 16.3 Å². The smallest absolute Gasteiger partial charge is 0.377 e. The maximum absolute atomic E-state index is 13.0. The molecule has 6 N–H and O–H groups in total. The average Bonchev–Trinajstić information content (AvgIpc) is 0.778. The van der Waals surface area contributed by atoms with Crippen LogP contribution in [-0.4, -0.2) is 162 Å². The minimum Gasteiger partial charge on any atom is -0.377 e. The van der Waals surface area contributed by atoms with Crippen molar-refractivity contribution in [3.05, 3.63) is 339 Å². The number of fused-ring (bicyclic) bond motifs is 5. The molecule has 0 aliphatic carbocycles. The maximum Gasteiger partial charge on any atom is 0.416 e. The summed E-state index contributed by atoms with van der Waals surface area (Å²) in [5.74, 6) is 4.59. The average molecular weight is 2090 g/mol. The van der Waals surface area contributed by atoms with E-state index in [2.05, 4.69) is 131 Å². The number of pyridine rings is 2. The van der Waals surface area contributed by atoms with Gasteiger partial charge in [-0.15, -0.1) is 0 Å². The van der Waals surface area contributed by atoms with E-state index in [0.29, 0.717) is 163 Å². The number of alkyl halides is 15. The predicted molar refractivity (Wildman–Crippen MR) is 520 cm³/mol. The Morgan fingerprint density at radius 3 is 1.12 bits per heavy atom. The molecular weight excluding hydrogens is 2000 g/mol. The molecule has 766 valence electrons. The summed E-state index contributed by atoms with van der Waals surface area (Å²) in [5.41, 5.74) is 8.40. The van der Waals surface area contributed by atoms with E-state index in [1.165, 1.54) is 79.6 Å². The van der Waals surface area contributed by atoms with Gasteiger partial charge in [0.05, 0.1) is 118 Å². The molecule has 0 saturated carbocycles. The van der Waals surface area contributed by atoms with Crippen LogP contribution in [0.4, 0.5) is 153 Å². The van der Waals surface area contributed by atoms with Gasteiger partial charge >= 0.3 is 30.9 Å². The number of carbonyl (C=O) groups excluding carboxylic acids is 1. The lowest BCUT2D eigenvalue weighted by molar-refractivity contribution is -0.138. The van der Waals surface area contributed by atoms with Gasteiger partial charge in [0.25, 0.3) is 5.91 Å².